The average Bonchev–Trinajstić information content (AvgIpc) is 2.79. The number of fused-ring (bicyclic) bond motifs is 1. The van der Waals surface area contributed by atoms with Crippen LogP contribution in [-0.4, -0.2) is 22.5 Å². The summed E-state index contributed by atoms with van der Waals surface area (Å²) < 4.78 is 4.85. The number of benzene rings is 1. The molecule has 0 aliphatic rings. The van der Waals surface area contributed by atoms with Crippen molar-refractivity contribution in [1.29, 1.82) is 0 Å². The molecule has 1 aromatic heterocycles. The van der Waals surface area contributed by atoms with Gasteiger partial charge in [0.25, 0.3) is 0 Å². The van der Waals surface area contributed by atoms with Crippen LogP contribution in [-0.2, 0) is 9.53 Å². The lowest BCUT2D eigenvalue weighted by Crippen LogP contribution is -2.08. The van der Waals surface area contributed by atoms with Gasteiger partial charge in [0, 0.05) is 22.7 Å². The number of hydrogen-bond donors (Lipinski definition) is 1. The molecule has 98 valence electrons. The van der Waals surface area contributed by atoms with Crippen molar-refractivity contribution in [2.75, 3.05) is 6.61 Å². The molecule has 2 aromatic rings. The van der Waals surface area contributed by atoms with Crippen molar-refractivity contribution in [1.82, 2.24) is 4.98 Å². The Morgan fingerprint density at radius 2 is 2.21 bits per heavy atom. The summed E-state index contributed by atoms with van der Waals surface area (Å²) in [6.07, 6.45) is 2.24. The summed E-state index contributed by atoms with van der Waals surface area (Å²) in [6.45, 7) is 1.81. The van der Waals surface area contributed by atoms with E-state index < -0.39 is 10.9 Å². The van der Waals surface area contributed by atoms with Gasteiger partial charge >= 0.3 is 5.97 Å². The van der Waals surface area contributed by atoms with Crippen LogP contribution in [0, 0.1) is 10.1 Å². The van der Waals surface area contributed by atoms with Gasteiger partial charge in [-0.05, 0) is 13.0 Å². The van der Waals surface area contributed by atoms with Gasteiger partial charge in [0.1, 0.15) is 5.57 Å². The molecule has 1 heterocycles. The highest BCUT2D eigenvalue weighted by atomic mass is 16.6. The SMILES string of the molecule is CCOC(=O)C(=C[N+](=O)[O-])c1c[nH]c2ccccc12. The van der Waals surface area contributed by atoms with Crippen LogP contribution in [0.15, 0.2) is 36.7 Å². The summed E-state index contributed by atoms with van der Waals surface area (Å²) >= 11 is 0. The molecule has 0 aliphatic heterocycles. The molecule has 0 radical (unpaired) electrons. The monoisotopic (exact) mass is 260 g/mol. The van der Waals surface area contributed by atoms with Crippen LogP contribution in [0.5, 0.6) is 0 Å². The Kier molecular flexibility index (Phi) is 3.61. The van der Waals surface area contributed by atoms with Crippen molar-refractivity contribution in [2.24, 2.45) is 0 Å². The maximum atomic E-state index is 11.8. The summed E-state index contributed by atoms with van der Waals surface area (Å²) in [5.74, 6) is -0.705. The summed E-state index contributed by atoms with van der Waals surface area (Å²) in [4.78, 5) is 24.8. The van der Waals surface area contributed by atoms with E-state index in [2.05, 4.69) is 4.98 Å². The van der Waals surface area contributed by atoms with Crippen LogP contribution in [0.3, 0.4) is 0 Å². The third kappa shape index (κ3) is 2.62. The van der Waals surface area contributed by atoms with Crippen molar-refractivity contribution in [3.8, 4) is 0 Å². The maximum Gasteiger partial charge on any atom is 0.345 e. The highest BCUT2D eigenvalue weighted by Gasteiger charge is 2.20. The number of aromatic nitrogens is 1. The van der Waals surface area contributed by atoms with E-state index in [0.29, 0.717) is 11.8 Å². The van der Waals surface area contributed by atoms with Crippen LogP contribution < -0.4 is 0 Å². The molecule has 0 aliphatic carbocycles. The fourth-order valence-electron chi connectivity index (χ4n) is 1.84. The number of H-pyrrole nitrogens is 1. The highest BCUT2D eigenvalue weighted by molar-refractivity contribution is 6.19. The van der Waals surface area contributed by atoms with E-state index in [-0.39, 0.29) is 12.2 Å². The Hall–Kier alpha value is -2.63. The average molecular weight is 260 g/mol. The Labute approximate surface area is 108 Å². The molecule has 0 spiro atoms. The zero-order valence-electron chi connectivity index (χ0n) is 10.3. The fraction of sp³-hybridized carbons (Fsp3) is 0.154. The lowest BCUT2D eigenvalue weighted by atomic mass is 10.1. The molecular weight excluding hydrogens is 248 g/mol. The summed E-state index contributed by atoms with van der Waals surface area (Å²) in [6, 6.07) is 7.25. The molecule has 1 aromatic carbocycles. The fourth-order valence-corrected chi connectivity index (χ4v) is 1.84. The number of ether oxygens (including phenoxy) is 1. The number of carbonyl (C=O) groups excluding carboxylic acids is 1. The molecule has 0 bridgehead atoms. The Morgan fingerprint density at radius 3 is 2.89 bits per heavy atom. The predicted octanol–water partition coefficient (Wildman–Crippen LogP) is 2.35. The minimum absolute atomic E-state index is 0.0655. The maximum absolute atomic E-state index is 11.8. The number of rotatable bonds is 4. The van der Waals surface area contributed by atoms with E-state index in [1.807, 2.05) is 12.1 Å². The zero-order chi connectivity index (χ0) is 13.8. The van der Waals surface area contributed by atoms with Crippen LogP contribution in [0.4, 0.5) is 0 Å². The second-order valence-corrected chi connectivity index (χ2v) is 3.80. The van der Waals surface area contributed by atoms with Gasteiger partial charge in [-0.3, -0.25) is 10.1 Å². The quantitative estimate of drug-likeness (QED) is 0.395. The van der Waals surface area contributed by atoms with Gasteiger partial charge in [0.2, 0.25) is 6.20 Å². The van der Waals surface area contributed by atoms with Gasteiger partial charge in [-0.25, -0.2) is 4.79 Å². The third-order valence-electron chi connectivity index (χ3n) is 2.61. The molecule has 6 heteroatoms. The Bertz CT molecular complexity index is 657. The van der Waals surface area contributed by atoms with E-state index in [0.717, 1.165) is 10.9 Å². The van der Waals surface area contributed by atoms with Gasteiger partial charge in [0.15, 0.2) is 0 Å². The van der Waals surface area contributed by atoms with Gasteiger partial charge < -0.3 is 9.72 Å². The first kappa shape index (κ1) is 12.8. The first-order chi connectivity index (χ1) is 9.13. The minimum Gasteiger partial charge on any atom is -0.462 e. The molecule has 2 rings (SSSR count). The molecule has 0 saturated carbocycles. The van der Waals surface area contributed by atoms with Gasteiger partial charge in [0.05, 0.1) is 11.5 Å². The van der Waals surface area contributed by atoms with E-state index in [4.69, 9.17) is 4.74 Å². The Morgan fingerprint density at radius 1 is 1.47 bits per heavy atom. The van der Waals surface area contributed by atoms with E-state index in [1.54, 1.807) is 25.3 Å². The molecule has 0 unspecified atom stereocenters. The molecule has 1 N–H and O–H groups in total. The van der Waals surface area contributed by atoms with Crippen LogP contribution in [0.1, 0.15) is 12.5 Å². The molecular formula is C13H12N2O4. The lowest BCUT2D eigenvalue weighted by molar-refractivity contribution is -0.401. The Balaban J connectivity index is 2.55. The second kappa shape index (κ2) is 5.34. The first-order valence-corrected chi connectivity index (χ1v) is 5.72. The zero-order valence-corrected chi connectivity index (χ0v) is 10.3. The van der Waals surface area contributed by atoms with Crippen LogP contribution in [0.25, 0.3) is 16.5 Å². The van der Waals surface area contributed by atoms with Crippen molar-refractivity contribution < 1.29 is 14.5 Å². The van der Waals surface area contributed by atoms with Crippen molar-refractivity contribution >= 4 is 22.4 Å². The standard InChI is InChI=1S/C13H12N2O4/c1-2-19-13(16)11(8-15(17)18)10-7-14-12-6-4-3-5-9(10)12/h3-8,14H,2H2,1H3. The molecule has 0 amide bonds. The number of esters is 1. The number of nitrogens with one attached hydrogen (secondary N) is 1. The number of carbonyl (C=O) groups is 1. The first-order valence-electron chi connectivity index (χ1n) is 5.72. The normalized spacial score (nSPS) is 11.5. The number of nitro groups is 1. The number of aromatic amines is 1. The van der Waals surface area contributed by atoms with Crippen molar-refractivity contribution in [2.45, 2.75) is 6.92 Å². The number of hydrogen-bond acceptors (Lipinski definition) is 4. The molecule has 0 atom stereocenters. The van der Waals surface area contributed by atoms with Gasteiger partial charge in [-0.2, -0.15) is 0 Å². The molecule has 0 saturated heterocycles. The molecule has 0 fully saturated rings. The van der Waals surface area contributed by atoms with E-state index in [9.17, 15) is 14.9 Å². The van der Waals surface area contributed by atoms with Crippen LogP contribution >= 0.6 is 0 Å². The third-order valence-corrected chi connectivity index (χ3v) is 2.61. The summed E-state index contributed by atoms with van der Waals surface area (Å²) in [5.41, 5.74) is 1.20. The van der Waals surface area contributed by atoms with E-state index in [1.165, 1.54) is 0 Å². The largest absolute Gasteiger partial charge is 0.462 e. The van der Waals surface area contributed by atoms with Crippen LogP contribution in [0.2, 0.25) is 0 Å². The van der Waals surface area contributed by atoms with Gasteiger partial charge in [-0.15, -0.1) is 0 Å². The topological polar surface area (TPSA) is 85.2 Å². The number of para-hydroxylation sites is 1. The minimum atomic E-state index is -0.705. The van der Waals surface area contributed by atoms with Crippen molar-refractivity contribution in [3.05, 3.63) is 52.3 Å². The predicted molar refractivity (Wildman–Crippen MR) is 69.9 cm³/mol. The summed E-state index contributed by atoms with van der Waals surface area (Å²) in [5, 5.41) is 11.4. The second-order valence-electron chi connectivity index (χ2n) is 3.80. The van der Waals surface area contributed by atoms with E-state index >= 15 is 0 Å². The molecule has 6 nitrogen and oxygen atoms in total. The highest BCUT2D eigenvalue weighted by Crippen LogP contribution is 2.25. The van der Waals surface area contributed by atoms with Crippen molar-refractivity contribution in [3.63, 3.8) is 0 Å². The van der Waals surface area contributed by atoms with Gasteiger partial charge in [-0.1, -0.05) is 18.2 Å². The summed E-state index contributed by atoms with van der Waals surface area (Å²) in [7, 11) is 0. The molecule has 19 heavy (non-hydrogen) atoms. The lowest BCUT2D eigenvalue weighted by Gasteiger charge is -2.03. The number of nitrogens with zero attached hydrogens (tertiary/aromatic N) is 1. The smallest absolute Gasteiger partial charge is 0.345 e.